The molecule has 0 aromatic heterocycles. The van der Waals surface area contributed by atoms with Gasteiger partial charge in [-0.3, -0.25) is 4.18 Å². The van der Waals surface area contributed by atoms with Crippen LogP contribution in [0.25, 0.3) is 0 Å². The molecule has 0 radical (unpaired) electrons. The van der Waals surface area contributed by atoms with Crippen LogP contribution in [0, 0.1) is 6.92 Å². The molecule has 0 aliphatic carbocycles. The second-order valence-electron chi connectivity index (χ2n) is 4.89. The van der Waals surface area contributed by atoms with E-state index in [0.29, 0.717) is 13.0 Å². The first kappa shape index (κ1) is 17.1. The fourth-order valence-corrected chi connectivity index (χ4v) is 2.49. The van der Waals surface area contributed by atoms with Gasteiger partial charge in [0.1, 0.15) is 0 Å². The van der Waals surface area contributed by atoms with Crippen molar-refractivity contribution in [3.63, 3.8) is 0 Å². The maximum Gasteiger partial charge on any atom is 0.296 e. The zero-order chi connectivity index (χ0) is 15.0. The Bertz CT molecular complexity index is 479. The first-order valence-corrected chi connectivity index (χ1v) is 8.44. The maximum atomic E-state index is 11.9. The van der Waals surface area contributed by atoms with Crippen molar-refractivity contribution in [1.82, 2.24) is 0 Å². The molecule has 0 aliphatic heterocycles. The topological polar surface area (TPSA) is 52.6 Å². The minimum absolute atomic E-state index is 0.195. The Morgan fingerprint density at radius 3 is 2.30 bits per heavy atom. The monoisotopic (exact) mass is 300 g/mol. The normalized spacial score (nSPS) is 13.3. The predicted octanol–water partition coefficient (Wildman–Crippen LogP) is 3.30. The number of aryl methyl sites for hydroxylation is 1. The average molecular weight is 300 g/mol. The first-order valence-electron chi connectivity index (χ1n) is 7.03. The number of hydrogen-bond donors (Lipinski definition) is 0. The summed E-state index contributed by atoms with van der Waals surface area (Å²) in [6.07, 6.45) is 2.71. The molecule has 5 heteroatoms. The van der Waals surface area contributed by atoms with Crippen molar-refractivity contribution in [2.75, 3.05) is 13.2 Å². The van der Waals surface area contributed by atoms with Crippen molar-refractivity contribution in [1.29, 1.82) is 0 Å². The number of hydrogen-bond acceptors (Lipinski definition) is 4. The molecule has 0 spiro atoms. The van der Waals surface area contributed by atoms with Gasteiger partial charge in [-0.1, -0.05) is 24.6 Å². The third-order valence-electron chi connectivity index (χ3n) is 3.06. The zero-order valence-electron chi connectivity index (χ0n) is 12.5. The van der Waals surface area contributed by atoms with Gasteiger partial charge in [0.2, 0.25) is 0 Å². The maximum absolute atomic E-state index is 11.9. The molecule has 114 valence electrons. The van der Waals surface area contributed by atoms with Gasteiger partial charge in [0.05, 0.1) is 17.6 Å². The fourth-order valence-electron chi connectivity index (χ4n) is 1.55. The van der Waals surface area contributed by atoms with E-state index in [0.717, 1.165) is 18.4 Å². The van der Waals surface area contributed by atoms with Crippen LogP contribution in [-0.4, -0.2) is 27.7 Å². The summed E-state index contributed by atoms with van der Waals surface area (Å²) in [4.78, 5) is 0.207. The fraction of sp³-hybridized carbons (Fsp3) is 0.600. The van der Waals surface area contributed by atoms with Crippen molar-refractivity contribution in [2.45, 2.75) is 51.0 Å². The van der Waals surface area contributed by atoms with Gasteiger partial charge >= 0.3 is 0 Å². The van der Waals surface area contributed by atoms with Gasteiger partial charge in [0.15, 0.2) is 0 Å². The van der Waals surface area contributed by atoms with E-state index in [2.05, 4.69) is 6.92 Å². The van der Waals surface area contributed by atoms with Gasteiger partial charge in [0.25, 0.3) is 10.1 Å². The molecule has 0 saturated heterocycles. The number of benzene rings is 1. The standard InChI is InChI=1S/C15H24O4S/c1-4-14(3)18-11-5-6-12-19-20(16,17)15-9-7-13(2)8-10-15/h7-10,14H,4-6,11-12H2,1-3H3. The highest BCUT2D eigenvalue weighted by Crippen LogP contribution is 2.13. The molecule has 1 rings (SSSR count). The Hall–Kier alpha value is -0.910. The number of ether oxygens (including phenoxy) is 1. The van der Waals surface area contributed by atoms with Gasteiger partial charge in [-0.15, -0.1) is 0 Å². The van der Waals surface area contributed by atoms with Crippen LogP contribution in [0.2, 0.25) is 0 Å². The summed E-state index contributed by atoms with van der Waals surface area (Å²) in [5.41, 5.74) is 1.02. The lowest BCUT2D eigenvalue weighted by atomic mass is 10.2. The predicted molar refractivity (Wildman–Crippen MR) is 79.3 cm³/mol. The highest BCUT2D eigenvalue weighted by Gasteiger charge is 2.14. The molecule has 1 atom stereocenters. The molecule has 0 aliphatic rings. The summed E-state index contributed by atoms with van der Waals surface area (Å²) in [5, 5.41) is 0. The highest BCUT2D eigenvalue weighted by molar-refractivity contribution is 7.86. The molecule has 1 aromatic rings. The summed E-state index contributed by atoms with van der Waals surface area (Å²) in [5.74, 6) is 0. The molecule has 0 amide bonds. The van der Waals surface area contributed by atoms with Crippen molar-refractivity contribution < 1.29 is 17.3 Å². The number of rotatable bonds is 9. The van der Waals surface area contributed by atoms with E-state index >= 15 is 0 Å². The lowest BCUT2D eigenvalue weighted by molar-refractivity contribution is 0.0593. The second-order valence-corrected chi connectivity index (χ2v) is 6.50. The summed E-state index contributed by atoms with van der Waals surface area (Å²) >= 11 is 0. The molecule has 0 bridgehead atoms. The van der Waals surface area contributed by atoms with Gasteiger partial charge in [-0.2, -0.15) is 8.42 Å². The van der Waals surface area contributed by atoms with Gasteiger partial charge in [0, 0.05) is 6.61 Å². The van der Waals surface area contributed by atoms with E-state index < -0.39 is 10.1 Å². The van der Waals surface area contributed by atoms with E-state index in [1.54, 1.807) is 24.3 Å². The van der Waals surface area contributed by atoms with Crippen LogP contribution in [0.1, 0.15) is 38.7 Å². The largest absolute Gasteiger partial charge is 0.379 e. The summed E-state index contributed by atoms with van der Waals surface area (Å²) in [6.45, 7) is 6.85. The summed E-state index contributed by atoms with van der Waals surface area (Å²) in [7, 11) is -3.63. The summed E-state index contributed by atoms with van der Waals surface area (Å²) < 4.78 is 34.3. The van der Waals surface area contributed by atoms with Crippen LogP contribution in [0.3, 0.4) is 0 Å². The summed E-state index contributed by atoms with van der Waals surface area (Å²) in [6, 6.07) is 6.65. The van der Waals surface area contributed by atoms with Crippen LogP contribution in [0.15, 0.2) is 29.2 Å². The minimum Gasteiger partial charge on any atom is -0.379 e. The Morgan fingerprint density at radius 2 is 1.70 bits per heavy atom. The van der Waals surface area contributed by atoms with Gasteiger partial charge in [-0.05, 0) is 45.2 Å². The molecule has 0 N–H and O–H groups in total. The Morgan fingerprint density at radius 1 is 1.10 bits per heavy atom. The van der Waals surface area contributed by atoms with Gasteiger partial charge in [-0.25, -0.2) is 0 Å². The van der Waals surface area contributed by atoms with E-state index in [-0.39, 0.29) is 17.6 Å². The molecule has 1 unspecified atom stereocenters. The molecule has 1 aromatic carbocycles. The Labute approximate surface area is 122 Å². The Balaban J connectivity index is 2.29. The quantitative estimate of drug-likeness (QED) is 0.518. The molecule has 4 nitrogen and oxygen atoms in total. The zero-order valence-corrected chi connectivity index (χ0v) is 13.3. The lowest BCUT2D eigenvalue weighted by Gasteiger charge is -2.10. The SMILES string of the molecule is CCC(C)OCCCCOS(=O)(=O)c1ccc(C)cc1. The molecule has 0 fully saturated rings. The van der Waals surface area contributed by atoms with Crippen LogP contribution in [0.5, 0.6) is 0 Å². The molecular formula is C15H24O4S. The van der Waals surface area contributed by atoms with E-state index in [4.69, 9.17) is 8.92 Å². The van der Waals surface area contributed by atoms with Crippen molar-refractivity contribution in [2.24, 2.45) is 0 Å². The molecule has 20 heavy (non-hydrogen) atoms. The smallest absolute Gasteiger partial charge is 0.296 e. The molecule has 0 saturated carbocycles. The average Bonchev–Trinajstić information content (AvgIpc) is 2.42. The number of unbranched alkanes of at least 4 members (excludes halogenated alkanes) is 1. The molecular weight excluding hydrogens is 276 g/mol. The minimum atomic E-state index is -3.63. The van der Waals surface area contributed by atoms with Crippen LogP contribution in [0.4, 0.5) is 0 Å². The van der Waals surface area contributed by atoms with Crippen molar-refractivity contribution >= 4 is 10.1 Å². The Kier molecular flexibility index (Phi) is 7.19. The molecule has 0 heterocycles. The van der Waals surface area contributed by atoms with Crippen molar-refractivity contribution in [3.8, 4) is 0 Å². The van der Waals surface area contributed by atoms with Crippen LogP contribution >= 0.6 is 0 Å². The highest BCUT2D eigenvalue weighted by atomic mass is 32.2. The lowest BCUT2D eigenvalue weighted by Crippen LogP contribution is -2.10. The van der Waals surface area contributed by atoms with E-state index in [9.17, 15) is 8.42 Å². The van der Waals surface area contributed by atoms with E-state index in [1.807, 2.05) is 13.8 Å². The van der Waals surface area contributed by atoms with E-state index in [1.165, 1.54) is 0 Å². The second kappa shape index (κ2) is 8.39. The van der Waals surface area contributed by atoms with Crippen LogP contribution < -0.4 is 0 Å². The first-order chi connectivity index (χ1) is 9.45. The van der Waals surface area contributed by atoms with Gasteiger partial charge < -0.3 is 4.74 Å². The third kappa shape index (κ3) is 6.03. The van der Waals surface area contributed by atoms with Crippen molar-refractivity contribution in [3.05, 3.63) is 29.8 Å². The van der Waals surface area contributed by atoms with Crippen LogP contribution in [-0.2, 0) is 19.0 Å². The third-order valence-corrected chi connectivity index (χ3v) is 4.39.